The van der Waals surface area contributed by atoms with Crippen molar-refractivity contribution in [3.63, 3.8) is 0 Å². The molecule has 0 atom stereocenters. The monoisotopic (exact) mass is 340 g/mol. The topological polar surface area (TPSA) is 26.3 Å². The SMILES string of the molecule is C=C(C)C(=O)OCCCCCCCCCCC[N+](C)(C)CCCC. The molecule has 3 heteroatoms. The quantitative estimate of drug-likeness (QED) is 0.161. The van der Waals surface area contributed by atoms with Gasteiger partial charge in [-0.05, 0) is 32.6 Å². The van der Waals surface area contributed by atoms with Crippen LogP contribution in [0.4, 0.5) is 0 Å². The molecule has 0 radical (unpaired) electrons. The van der Waals surface area contributed by atoms with E-state index in [9.17, 15) is 4.79 Å². The van der Waals surface area contributed by atoms with Gasteiger partial charge >= 0.3 is 5.97 Å². The van der Waals surface area contributed by atoms with E-state index in [1.165, 1.54) is 75.4 Å². The van der Waals surface area contributed by atoms with Crippen LogP contribution in [-0.4, -0.2) is 44.2 Å². The molecule has 0 bridgehead atoms. The molecule has 0 rings (SSSR count). The highest BCUT2D eigenvalue weighted by Gasteiger charge is 2.12. The number of quaternary nitrogens is 1. The van der Waals surface area contributed by atoms with E-state index in [2.05, 4.69) is 27.6 Å². The van der Waals surface area contributed by atoms with E-state index in [1.54, 1.807) is 6.92 Å². The molecule has 3 nitrogen and oxygen atoms in total. The number of carbonyl (C=O) groups is 1. The minimum Gasteiger partial charge on any atom is -0.462 e. The lowest BCUT2D eigenvalue weighted by Crippen LogP contribution is -2.41. The zero-order chi connectivity index (χ0) is 18.3. The third-order valence-electron chi connectivity index (χ3n) is 4.61. The summed E-state index contributed by atoms with van der Waals surface area (Å²) in [6.07, 6.45) is 14.2. The summed E-state index contributed by atoms with van der Waals surface area (Å²) in [6, 6.07) is 0. The Kier molecular flexibility index (Phi) is 14.0. The molecule has 0 fully saturated rings. The predicted molar refractivity (Wildman–Crippen MR) is 104 cm³/mol. The highest BCUT2D eigenvalue weighted by molar-refractivity contribution is 5.86. The average molecular weight is 341 g/mol. The molecule has 142 valence electrons. The molecule has 24 heavy (non-hydrogen) atoms. The zero-order valence-electron chi connectivity index (χ0n) is 16.9. The van der Waals surface area contributed by atoms with Gasteiger partial charge in [-0.3, -0.25) is 0 Å². The van der Waals surface area contributed by atoms with Crippen molar-refractivity contribution in [1.29, 1.82) is 0 Å². The maximum atomic E-state index is 11.2. The van der Waals surface area contributed by atoms with Gasteiger partial charge in [0.1, 0.15) is 0 Å². The summed E-state index contributed by atoms with van der Waals surface area (Å²) < 4.78 is 6.27. The van der Waals surface area contributed by atoms with Crippen molar-refractivity contribution in [2.45, 2.75) is 84.5 Å². The van der Waals surface area contributed by atoms with Crippen molar-refractivity contribution in [3.05, 3.63) is 12.2 Å². The van der Waals surface area contributed by atoms with E-state index in [1.807, 2.05) is 0 Å². The van der Waals surface area contributed by atoms with Gasteiger partial charge in [0.2, 0.25) is 0 Å². The molecule has 0 amide bonds. The molecule has 0 saturated heterocycles. The van der Waals surface area contributed by atoms with Gasteiger partial charge in [-0.15, -0.1) is 0 Å². The lowest BCUT2D eigenvalue weighted by atomic mass is 10.1. The van der Waals surface area contributed by atoms with Crippen LogP contribution in [0.2, 0.25) is 0 Å². The molecule has 0 aromatic heterocycles. The number of esters is 1. The third-order valence-corrected chi connectivity index (χ3v) is 4.61. The molecule has 0 aliphatic carbocycles. The van der Waals surface area contributed by atoms with Crippen molar-refractivity contribution >= 4 is 5.97 Å². The number of ether oxygens (including phenoxy) is 1. The Hall–Kier alpha value is -0.830. The molecule has 0 unspecified atom stereocenters. The third kappa shape index (κ3) is 14.7. The van der Waals surface area contributed by atoms with Crippen LogP contribution in [0, 0.1) is 0 Å². The first-order valence-corrected chi connectivity index (χ1v) is 10.0. The molecule has 0 aromatic carbocycles. The minimum absolute atomic E-state index is 0.258. The first-order chi connectivity index (χ1) is 11.4. The van der Waals surface area contributed by atoms with E-state index >= 15 is 0 Å². The van der Waals surface area contributed by atoms with E-state index in [4.69, 9.17) is 4.74 Å². The Morgan fingerprint density at radius 1 is 0.833 bits per heavy atom. The normalized spacial score (nSPS) is 11.5. The number of rotatable bonds is 16. The van der Waals surface area contributed by atoms with Crippen LogP contribution in [0.5, 0.6) is 0 Å². The van der Waals surface area contributed by atoms with Crippen molar-refractivity contribution in [2.75, 3.05) is 33.8 Å². The van der Waals surface area contributed by atoms with E-state index < -0.39 is 0 Å². The largest absolute Gasteiger partial charge is 0.462 e. The van der Waals surface area contributed by atoms with Crippen LogP contribution in [0.15, 0.2) is 12.2 Å². The Bertz CT molecular complexity index is 337. The van der Waals surface area contributed by atoms with Gasteiger partial charge in [-0.1, -0.05) is 58.4 Å². The van der Waals surface area contributed by atoms with Gasteiger partial charge in [-0.2, -0.15) is 0 Å². The van der Waals surface area contributed by atoms with E-state index in [0.29, 0.717) is 12.2 Å². The Morgan fingerprint density at radius 3 is 1.79 bits per heavy atom. The second kappa shape index (κ2) is 14.5. The Morgan fingerprint density at radius 2 is 1.29 bits per heavy atom. The van der Waals surface area contributed by atoms with Crippen molar-refractivity contribution < 1.29 is 14.0 Å². The summed E-state index contributed by atoms with van der Waals surface area (Å²) >= 11 is 0. The summed E-state index contributed by atoms with van der Waals surface area (Å²) in [6.45, 7) is 10.7. The molecule has 0 aromatic rings. The van der Waals surface area contributed by atoms with Crippen molar-refractivity contribution in [2.24, 2.45) is 0 Å². The Balaban J connectivity index is 3.28. The van der Waals surface area contributed by atoms with Gasteiger partial charge in [0, 0.05) is 5.57 Å². The van der Waals surface area contributed by atoms with Crippen LogP contribution in [-0.2, 0) is 9.53 Å². The van der Waals surface area contributed by atoms with Crippen LogP contribution in [0.1, 0.15) is 84.5 Å². The fourth-order valence-corrected chi connectivity index (χ4v) is 2.87. The first-order valence-electron chi connectivity index (χ1n) is 10.0. The second-order valence-corrected chi connectivity index (χ2v) is 7.83. The highest BCUT2D eigenvalue weighted by atomic mass is 16.5. The maximum absolute atomic E-state index is 11.2. The van der Waals surface area contributed by atoms with Crippen LogP contribution < -0.4 is 0 Å². The van der Waals surface area contributed by atoms with Gasteiger partial charge < -0.3 is 9.22 Å². The standard InChI is InChI=1S/C21H42NO2/c1-6-7-17-22(4,5)18-15-13-11-9-8-10-12-14-16-19-24-21(23)20(2)3/h2,6-19H2,1,3-5H3/q+1. The second-order valence-electron chi connectivity index (χ2n) is 7.83. The molecular weight excluding hydrogens is 298 g/mol. The van der Waals surface area contributed by atoms with Gasteiger partial charge in [-0.25, -0.2) is 4.79 Å². The van der Waals surface area contributed by atoms with Gasteiger partial charge in [0.05, 0.1) is 33.8 Å². The summed E-state index contributed by atoms with van der Waals surface area (Å²) in [4.78, 5) is 11.2. The molecule has 0 aliphatic heterocycles. The molecular formula is C21H42NO2+. The smallest absolute Gasteiger partial charge is 0.333 e. The minimum atomic E-state index is -0.258. The molecule has 0 N–H and O–H groups in total. The fraction of sp³-hybridized carbons (Fsp3) is 0.857. The Labute approximate surface area is 151 Å². The van der Waals surface area contributed by atoms with Crippen LogP contribution >= 0.6 is 0 Å². The molecule has 0 spiro atoms. The summed E-state index contributed by atoms with van der Waals surface area (Å²) in [5.74, 6) is -0.258. The highest BCUT2D eigenvalue weighted by Crippen LogP contribution is 2.12. The number of unbranched alkanes of at least 4 members (excludes halogenated alkanes) is 9. The van der Waals surface area contributed by atoms with Crippen molar-refractivity contribution in [1.82, 2.24) is 0 Å². The first kappa shape index (κ1) is 23.2. The van der Waals surface area contributed by atoms with Gasteiger partial charge in [0.15, 0.2) is 0 Å². The van der Waals surface area contributed by atoms with E-state index in [0.717, 1.165) is 12.8 Å². The average Bonchev–Trinajstić information content (AvgIpc) is 2.53. The number of hydrogen-bond acceptors (Lipinski definition) is 2. The van der Waals surface area contributed by atoms with Crippen LogP contribution in [0.25, 0.3) is 0 Å². The molecule has 0 aliphatic rings. The fourth-order valence-electron chi connectivity index (χ4n) is 2.87. The lowest BCUT2D eigenvalue weighted by molar-refractivity contribution is -0.890. The van der Waals surface area contributed by atoms with Crippen molar-refractivity contribution in [3.8, 4) is 0 Å². The summed E-state index contributed by atoms with van der Waals surface area (Å²) in [5.41, 5.74) is 0.488. The summed E-state index contributed by atoms with van der Waals surface area (Å²) in [5, 5.41) is 0. The molecule has 0 saturated carbocycles. The van der Waals surface area contributed by atoms with Crippen LogP contribution in [0.3, 0.4) is 0 Å². The number of carbonyl (C=O) groups excluding carboxylic acids is 1. The number of nitrogens with zero attached hydrogens (tertiary/aromatic N) is 1. The number of hydrogen-bond donors (Lipinski definition) is 0. The summed E-state index contributed by atoms with van der Waals surface area (Å²) in [7, 11) is 4.73. The molecule has 0 heterocycles. The van der Waals surface area contributed by atoms with E-state index in [-0.39, 0.29) is 5.97 Å². The predicted octanol–water partition coefficient (Wildman–Crippen LogP) is 5.49. The zero-order valence-corrected chi connectivity index (χ0v) is 16.9. The lowest BCUT2D eigenvalue weighted by Gasteiger charge is -2.29. The van der Waals surface area contributed by atoms with Gasteiger partial charge in [0.25, 0.3) is 0 Å². The maximum Gasteiger partial charge on any atom is 0.333 e.